The lowest BCUT2D eigenvalue weighted by Crippen LogP contribution is -2.65. The summed E-state index contributed by atoms with van der Waals surface area (Å²) in [6.45, 7) is 11.3. The molecule has 0 radical (unpaired) electrons. The first-order chi connectivity index (χ1) is 19.8. The van der Waals surface area contributed by atoms with Crippen LogP contribution in [0.4, 0.5) is 0 Å². The molecule has 5 unspecified atom stereocenters. The quantitative estimate of drug-likeness (QED) is 0.182. The van der Waals surface area contributed by atoms with Gasteiger partial charge in [-0.05, 0) is 63.3 Å². The van der Waals surface area contributed by atoms with E-state index in [-0.39, 0.29) is 28.8 Å². The van der Waals surface area contributed by atoms with Crippen molar-refractivity contribution in [2.75, 3.05) is 52.9 Å². The SMILES string of the molecule is CCCC1(CCC)CCCC(Cl)CNC(C(C(=O)NC2CNCCC2N2CCC(N3CC(OC)C3)CC2)C(N)N)C1. The number of nitrogens with one attached hydrogen (secondary N) is 3. The number of likely N-dealkylation sites (tertiary alicyclic amines) is 2. The molecule has 238 valence electrons. The topological polar surface area (TPSA) is 121 Å². The fourth-order valence-corrected chi connectivity index (χ4v) is 8.69. The Morgan fingerprint density at radius 2 is 1.78 bits per heavy atom. The van der Waals surface area contributed by atoms with Gasteiger partial charge in [-0.1, -0.05) is 33.1 Å². The summed E-state index contributed by atoms with van der Waals surface area (Å²) in [5.74, 6) is -0.511. The van der Waals surface area contributed by atoms with Gasteiger partial charge in [-0.25, -0.2) is 0 Å². The van der Waals surface area contributed by atoms with Crippen molar-refractivity contribution < 1.29 is 9.53 Å². The summed E-state index contributed by atoms with van der Waals surface area (Å²) in [5.41, 5.74) is 13.1. The average molecular weight is 598 g/mol. The van der Waals surface area contributed by atoms with Crippen LogP contribution in [0.25, 0.3) is 0 Å². The number of halogens is 1. The Hall–Kier alpha value is -0.520. The van der Waals surface area contributed by atoms with Crippen LogP contribution in [0.2, 0.25) is 0 Å². The number of nitrogens with two attached hydrogens (primary N) is 2. The predicted octanol–water partition coefficient (Wildman–Crippen LogP) is 2.21. The van der Waals surface area contributed by atoms with Gasteiger partial charge in [-0.3, -0.25) is 14.6 Å². The number of hydrogen-bond acceptors (Lipinski definition) is 8. The lowest BCUT2D eigenvalue weighted by Gasteiger charge is -2.49. The highest BCUT2D eigenvalue weighted by atomic mass is 35.5. The van der Waals surface area contributed by atoms with Crippen LogP contribution in [0.3, 0.4) is 0 Å². The number of amides is 1. The van der Waals surface area contributed by atoms with Gasteiger partial charge in [0.05, 0.1) is 24.2 Å². The van der Waals surface area contributed by atoms with Crippen LogP contribution in [-0.2, 0) is 9.53 Å². The van der Waals surface area contributed by atoms with Crippen molar-refractivity contribution >= 4 is 17.5 Å². The largest absolute Gasteiger partial charge is 0.379 e. The minimum Gasteiger partial charge on any atom is -0.379 e. The standard InChI is InChI=1S/C31H60ClN7O2/c1-4-11-31(12-5-2)13-6-7-22(32)18-36-25(17-31)28(29(33)34)30(40)37-26-19-35-14-8-27(26)38-15-9-23(10-16-38)39-20-24(21-39)41-3/h22-29,35-36H,4-21,33-34H2,1-3H3,(H,37,40). The van der Waals surface area contributed by atoms with Gasteiger partial charge in [0, 0.05) is 69.9 Å². The monoisotopic (exact) mass is 597 g/mol. The number of carbonyl (C=O) groups is 1. The van der Waals surface area contributed by atoms with E-state index in [4.69, 9.17) is 27.8 Å². The first-order valence-electron chi connectivity index (χ1n) is 16.7. The lowest BCUT2D eigenvalue weighted by atomic mass is 9.69. The van der Waals surface area contributed by atoms with Gasteiger partial charge in [0.15, 0.2) is 0 Å². The van der Waals surface area contributed by atoms with Crippen LogP contribution in [0.15, 0.2) is 0 Å². The van der Waals surface area contributed by atoms with Crippen molar-refractivity contribution in [1.29, 1.82) is 0 Å². The van der Waals surface area contributed by atoms with Crippen molar-refractivity contribution in [3.05, 3.63) is 0 Å². The van der Waals surface area contributed by atoms with Crippen molar-refractivity contribution in [1.82, 2.24) is 25.8 Å². The molecule has 10 heteroatoms. The van der Waals surface area contributed by atoms with Crippen LogP contribution >= 0.6 is 11.6 Å². The molecule has 4 saturated heterocycles. The zero-order chi connectivity index (χ0) is 29.4. The lowest BCUT2D eigenvalue weighted by molar-refractivity contribution is -0.128. The smallest absolute Gasteiger partial charge is 0.227 e. The summed E-state index contributed by atoms with van der Waals surface area (Å²) in [6.07, 6.45) is 11.9. The van der Waals surface area contributed by atoms with E-state index < -0.39 is 12.1 Å². The van der Waals surface area contributed by atoms with Gasteiger partial charge in [0.1, 0.15) is 0 Å². The Morgan fingerprint density at radius 1 is 1.07 bits per heavy atom. The molecule has 4 rings (SSSR count). The van der Waals surface area contributed by atoms with Crippen LogP contribution < -0.4 is 27.4 Å². The van der Waals surface area contributed by atoms with Crippen LogP contribution in [0.5, 0.6) is 0 Å². The summed E-state index contributed by atoms with van der Waals surface area (Å²) in [6, 6.07) is 0.937. The maximum absolute atomic E-state index is 14.1. The summed E-state index contributed by atoms with van der Waals surface area (Å²) < 4.78 is 5.49. The van der Waals surface area contributed by atoms with Crippen molar-refractivity contribution in [2.45, 2.75) is 126 Å². The maximum Gasteiger partial charge on any atom is 0.227 e. The second kappa shape index (κ2) is 16.0. The molecule has 4 aliphatic heterocycles. The molecule has 7 N–H and O–H groups in total. The highest BCUT2D eigenvalue weighted by molar-refractivity contribution is 6.20. The molecule has 41 heavy (non-hydrogen) atoms. The first-order valence-corrected chi connectivity index (χ1v) is 17.1. The van der Waals surface area contributed by atoms with Gasteiger partial charge in [-0.15, -0.1) is 11.6 Å². The second-order valence-electron chi connectivity index (χ2n) is 13.6. The predicted molar refractivity (Wildman–Crippen MR) is 168 cm³/mol. The number of carbonyl (C=O) groups excluding carboxylic acids is 1. The van der Waals surface area contributed by atoms with Gasteiger partial charge in [-0.2, -0.15) is 0 Å². The maximum atomic E-state index is 14.1. The Kier molecular flexibility index (Phi) is 13.0. The number of piperidine rings is 2. The van der Waals surface area contributed by atoms with E-state index >= 15 is 0 Å². The molecule has 9 nitrogen and oxygen atoms in total. The van der Waals surface area contributed by atoms with Gasteiger partial charge >= 0.3 is 0 Å². The van der Waals surface area contributed by atoms with Crippen LogP contribution in [0.1, 0.15) is 84.5 Å². The summed E-state index contributed by atoms with van der Waals surface area (Å²) in [4.78, 5) is 19.3. The van der Waals surface area contributed by atoms with E-state index in [0.717, 1.165) is 97.1 Å². The highest BCUT2D eigenvalue weighted by Gasteiger charge is 2.42. The van der Waals surface area contributed by atoms with E-state index in [1.807, 2.05) is 7.11 Å². The average Bonchev–Trinajstić information content (AvgIpc) is 2.99. The number of hydrogen-bond donors (Lipinski definition) is 5. The van der Waals surface area contributed by atoms with Gasteiger partial charge < -0.3 is 32.2 Å². The third-order valence-corrected chi connectivity index (χ3v) is 11.0. The number of nitrogens with zero attached hydrogens (tertiary/aromatic N) is 2. The van der Waals surface area contributed by atoms with Crippen molar-refractivity contribution in [3.8, 4) is 0 Å². The molecule has 4 fully saturated rings. The van der Waals surface area contributed by atoms with Gasteiger partial charge in [0.2, 0.25) is 5.91 Å². The molecule has 5 atom stereocenters. The number of rotatable bonds is 11. The number of alkyl halides is 1. The second-order valence-corrected chi connectivity index (χ2v) is 14.2. The normalized spacial score (nSPS) is 32.1. The molecular formula is C31H60ClN7O2. The molecule has 4 heterocycles. The van der Waals surface area contributed by atoms with E-state index in [2.05, 4.69) is 39.6 Å². The third-order valence-electron chi connectivity index (χ3n) is 10.7. The minimum atomic E-state index is -0.735. The van der Waals surface area contributed by atoms with E-state index in [1.54, 1.807) is 0 Å². The molecule has 0 aliphatic carbocycles. The molecule has 0 aromatic rings. The summed E-state index contributed by atoms with van der Waals surface area (Å²) in [7, 11) is 1.81. The van der Waals surface area contributed by atoms with E-state index in [0.29, 0.717) is 24.7 Å². The molecule has 1 amide bonds. The zero-order valence-corrected chi connectivity index (χ0v) is 26.8. The van der Waals surface area contributed by atoms with Crippen LogP contribution in [-0.4, -0.2) is 110 Å². The fourth-order valence-electron chi connectivity index (χ4n) is 8.45. The number of methoxy groups -OCH3 is 1. The fraction of sp³-hybridized carbons (Fsp3) is 0.968. The molecular weight excluding hydrogens is 538 g/mol. The molecule has 0 aromatic heterocycles. The molecule has 4 aliphatic rings. The van der Waals surface area contributed by atoms with Crippen LogP contribution in [0, 0.1) is 11.3 Å². The number of ether oxygens (including phenoxy) is 1. The molecule has 0 spiro atoms. The Morgan fingerprint density at radius 3 is 2.41 bits per heavy atom. The van der Waals surface area contributed by atoms with E-state index in [1.165, 1.54) is 12.8 Å². The molecule has 0 saturated carbocycles. The highest BCUT2D eigenvalue weighted by Crippen LogP contribution is 2.42. The van der Waals surface area contributed by atoms with Crippen molar-refractivity contribution in [3.63, 3.8) is 0 Å². The van der Waals surface area contributed by atoms with Crippen molar-refractivity contribution in [2.24, 2.45) is 22.8 Å². The zero-order valence-electron chi connectivity index (χ0n) is 26.1. The molecule has 0 aromatic carbocycles. The first kappa shape index (κ1) is 33.4. The Bertz CT molecular complexity index is 784. The summed E-state index contributed by atoms with van der Waals surface area (Å²) >= 11 is 6.71. The summed E-state index contributed by atoms with van der Waals surface area (Å²) in [5, 5.41) is 10.8. The Labute approximate surface area is 254 Å². The molecule has 0 bridgehead atoms. The minimum absolute atomic E-state index is 0.00969. The third kappa shape index (κ3) is 8.78. The van der Waals surface area contributed by atoms with Gasteiger partial charge in [0.25, 0.3) is 0 Å². The van der Waals surface area contributed by atoms with E-state index in [9.17, 15) is 4.79 Å². The Balaban J connectivity index is 1.43.